The first-order valence-electron chi connectivity index (χ1n) is 7.63. The van der Waals surface area contributed by atoms with Crippen LogP contribution in [0.15, 0.2) is 0 Å². The van der Waals surface area contributed by atoms with Crippen molar-refractivity contribution in [1.82, 2.24) is 0 Å². The molecule has 0 unspecified atom stereocenters. The number of aliphatic carboxylic acids is 1. The zero-order chi connectivity index (χ0) is 16.0. The van der Waals surface area contributed by atoms with Gasteiger partial charge in [-0.05, 0) is 37.7 Å². The van der Waals surface area contributed by atoms with Gasteiger partial charge in [0.2, 0.25) is 0 Å². The molecule has 0 fully saturated rings. The van der Waals surface area contributed by atoms with E-state index >= 15 is 0 Å². The molecule has 0 aromatic rings. The zero-order valence-electron chi connectivity index (χ0n) is 13.7. The second kappa shape index (κ2) is 13.7. The highest BCUT2D eigenvalue weighted by atomic mass is 32.2. The molecule has 0 aliphatic rings. The molecule has 5 N–H and O–H groups in total. The summed E-state index contributed by atoms with van der Waals surface area (Å²) in [5.41, 5.74) is 11.5. The number of nitrogens with two attached hydrogens (primary N) is 2. The third-order valence-electron chi connectivity index (χ3n) is 3.64. The first-order chi connectivity index (χ1) is 9.36. The standard InChI is InChI=1S/C10H23N.C5H11NO2S/c1-4-7-8-9-10(11,5-2)6-3;1-9-3-2-4(6)5(7)8/h4-9,11H2,1-3H3;4H,2-3,6H2,1H3,(H,7,8)/t;4-/m.0/s1. The number of carboxylic acid groups (broad SMARTS) is 1. The van der Waals surface area contributed by atoms with Crippen LogP contribution < -0.4 is 11.5 Å². The Hall–Kier alpha value is -0.260. The van der Waals surface area contributed by atoms with Gasteiger partial charge in [0.25, 0.3) is 0 Å². The van der Waals surface area contributed by atoms with Crippen LogP contribution in [0.3, 0.4) is 0 Å². The van der Waals surface area contributed by atoms with Gasteiger partial charge in [-0.3, -0.25) is 4.79 Å². The highest BCUT2D eigenvalue weighted by Gasteiger charge is 2.18. The van der Waals surface area contributed by atoms with Crippen molar-refractivity contribution < 1.29 is 9.90 Å². The molecule has 5 heteroatoms. The van der Waals surface area contributed by atoms with E-state index in [1.165, 1.54) is 25.7 Å². The topological polar surface area (TPSA) is 89.3 Å². The summed E-state index contributed by atoms with van der Waals surface area (Å²) in [6.45, 7) is 6.61. The van der Waals surface area contributed by atoms with E-state index in [0.717, 1.165) is 18.6 Å². The summed E-state index contributed by atoms with van der Waals surface area (Å²) in [4.78, 5) is 10.1. The quantitative estimate of drug-likeness (QED) is 0.539. The number of carboxylic acids is 1. The maximum atomic E-state index is 10.1. The Balaban J connectivity index is 0. The minimum Gasteiger partial charge on any atom is -0.480 e. The molecule has 0 heterocycles. The van der Waals surface area contributed by atoms with Crippen molar-refractivity contribution in [3.8, 4) is 0 Å². The van der Waals surface area contributed by atoms with Crippen LogP contribution in [0, 0.1) is 0 Å². The zero-order valence-corrected chi connectivity index (χ0v) is 14.5. The predicted molar refractivity (Wildman–Crippen MR) is 90.3 cm³/mol. The smallest absolute Gasteiger partial charge is 0.320 e. The Morgan fingerprint density at radius 3 is 2.15 bits per heavy atom. The van der Waals surface area contributed by atoms with Gasteiger partial charge in [-0.25, -0.2) is 0 Å². The van der Waals surface area contributed by atoms with Crippen LogP contribution in [0.4, 0.5) is 0 Å². The lowest BCUT2D eigenvalue weighted by Crippen LogP contribution is -2.38. The van der Waals surface area contributed by atoms with Crippen LogP contribution in [-0.2, 0) is 4.79 Å². The van der Waals surface area contributed by atoms with Crippen LogP contribution in [0.1, 0.15) is 65.7 Å². The fourth-order valence-electron chi connectivity index (χ4n) is 1.70. The van der Waals surface area contributed by atoms with Crippen molar-refractivity contribution in [2.24, 2.45) is 11.5 Å². The first kappa shape index (κ1) is 22.0. The summed E-state index contributed by atoms with van der Waals surface area (Å²) in [6.07, 6.45) is 9.84. The number of hydrogen-bond donors (Lipinski definition) is 3. The fraction of sp³-hybridized carbons (Fsp3) is 0.933. The molecule has 0 aromatic carbocycles. The molecular weight excluding hydrogens is 272 g/mol. The Morgan fingerprint density at radius 1 is 1.25 bits per heavy atom. The average molecular weight is 307 g/mol. The molecule has 0 aliphatic heterocycles. The van der Waals surface area contributed by atoms with Crippen molar-refractivity contribution in [2.45, 2.75) is 77.3 Å². The maximum absolute atomic E-state index is 10.1. The average Bonchev–Trinajstić information content (AvgIpc) is 2.45. The molecule has 0 rings (SSSR count). The summed E-state index contributed by atoms with van der Waals surface area (Å²) in [6, 6.07) is -0.683. The normalized spacial score (nSPS) is 12.5. The Kier molecular flexibility index (Phi) is 15.1. The Bertz CT molecular complexity index is 234. The second-order valence-electron chi connectivity index (χ2n) is 5.25. The highest BCUT2D eigenvalue weighted by Crippen LogP contribution is 2.19. The minimum absolute atomic E-state index is 0.134. The molecule has 0 saturated heterocycles. The maximum Gasteiger partial charge on any atom is 0.320 e. The van der Waals surface area contributed by atoms with Gasteiger partial charge < -0.3 is 16.6 Å². The van der Waals surface area contributed by atoms with Crippen molar-refractivity contribution in [2.75, 3.05) is 12.0 Å². The molecular formula is C15H34N2O2S. The number of hydrogen-bond acceptors (Lipinski definition) is 4. The molecule has 1 atom stereocenters. The minimum atomic E-state index is -0.913. The van der Waals surface area contributed by atoms with E-state index in [9.17, 15) is 4.79 Å². The Morgan fingerprint density at radius 2 is 1.80 bits per heavy atom. The van der Waals surface area contributed by atoms with Gasteiger partial charge in [0.05, 0.1) is 0 Å². The molecule has 122 valence electrons. The van der Waals surface area contributed by atoms with Crippen LogP contribution in [0.25, 0.3) is 0 Å². The van der Waals surface area contributed by atoms with Gasteiger partial charge in [-0.2, -0.15) is 11.8 Å². The van der Waals surface area contributed by atoms with Gasteiger partial charge in [-0.1, -0.05) is 40.0 Å². The first-order valence-corrected chi connectivity index (χ1v) is 9.02. The third-order valence-corrected chi connectivity index (χ3v) is 4.28. The van der Waals surface area contributed by atoms with E-state index in [1.54, 1.807) is 11.8 Å². The lowest BCUT2D eigenvalue weighted by Gasteiger charge is -2.26. The second-order valence-corrected chi connectivity index (χ2v) is 6.24. The summed E-state index contributed by atoms with van der Waals surface area (Å²) in [5.74, 6) is -0.1000. The van der Waals surface area contributed by atoms with E-state index < -0.39 is 12.0 Å². The van der Waals surface area contributed by atoms with Gasteiger partial charge in [-0.15, -0.1) is 0 Å². The summed E-state index contributed by atoms with van der Waals surface area (Å²) >= 11 is 1.60. The van der Waals surface area contributed by atoms with Gasteiger partial charge >= 0.3 is 5.97 Å². The van der Waals surface area contributed by atoms with Crippen LogP contribution >= 0.6 is 11.8 Å². The Labute approximate surface area is 129 Å². The van der Waals surface area contributed by atoms with Crippen molar-refractivity contribution >= 4 is 17.7 Å². The summed E-state index contributed by atoms with van der Waals surface area (Å²) in [7, 11) is 0. The van der Waals surface area contributed by atoms with Gasteiger partial charge in [0.1, 0.15) is 6.04 Å². The molecule has 20 heavy (non-hydrogen) atoms. The molecule has 0 saturated carbocycles. The van der Waals surface area contributed by atoms with E-state index in [2.05, 4.69) is 20.8 Å². The number of thioether (sulfide) groups is 1. The number of carbonyl (C=O) groups is 1. The summed E-state index contributed by atoms with van der Waals surface area (Å²) < 4.78 is 0. The molecule has 0 aliphatic carbocycles. The van der Waals surface area contributed by atoms with Crippen LogP contribution in [0.2, 0.25) is 0 Å². The fourth-order valence-corrected chi connectivity index (χ4v) is 2.19. The van der Waals surface area contributed by atoms with E-state index in [4.69, 9.17) is 16.6 Å². The predicted octanol–water partition coefficient (Wildman–Crippen LogP) is 3.24. The SMILES string of the molecule is CCCCCC(N)(CC)CC.CSCC[C@H](N)C(=O)O. The molecule has 0 radical (unpaired) electrons. The monoisotopic (exact) mass is 306 g/mol. The third kappa shape index (κ3) is 12.8. The molecule has 0 aromatic heterocycles. The van der Waals surface area contributed by atoms with E-state index in [1.807, 2.05) is 6.26 Å². The van der Waals surface area contributed by atoms with Crippen LogP contribution in [-0.4, -0.2) is 34.7 Å². The van der Waals surface area contributed by atoms with Crippen molar-refractivity contribution in [3.05, 3.63) is 0 Å². The highest BCUT2D eigenvalue weighted by molar-refractivity contribution is 7.98. The lowest BCUT2D eigenvalue weighted by molar-refractivity contribution is -0.138. The van der Waals surface area contributed by atoms with E-state index in [0.29, 0.717) is 6.42 Å². The van der Waals surface area contributed by atoms with Crippen molar-refractivity contribution in [3.63, 3.8) is 0 Å². The molecule has 0 spiro atoms. The van der Waals surface area contributed by atoms with Gasteiger partial charge in [0.15, 0.2) is 0 Å². The van der Waals surface area contributed by atoms with Crippen LogP contribution in [0.5, 0.6) is 0 Å². The molecule has 0 amide bonds. The summed E-state index contributed by atoms with van der Waals surface area (Å²) in [5, 5.41) is 8.27. The molecule has 0 bridgehead atoms. The lowest BCUT2D eigenvalue weighted by atomic mass is 9.88. The number of rotatable bonds is 10. The van der Waals surface area contributed by atoms with Crippen molar-refractivity contribution in [1.29, 1.82) is 0 Å². The molecule has 4 nitrogen and oxygen atoms in total. The number of unbranched alkanes of at least 4 members (excludes halogenated alkanes) is 2. The largest absolute Gasteiger partial charge is 0.480 e. The van der Waals surface area contributed by atoms with Gasteiger partial charge in [0, 0.05) is 5.54 Å². The van der Waals surface area contributed by atoms with E-state index in [-0.39, 0.29) is 5.54 Å².